The maximum absolute atomic E-state index is 11.3. The summed E-state index contributed by atoms with van der Waals surface area (Å²) in [6.07, 6.45) is 0.930. The lowest BCUT2D eigenvalue weighted by Gasteiger charge is -2.20. The van der Waals surface area contributed by atoms with Crippen molar-refractivity contribution in [1.82, 2.24) is 9.80 Å². The number of likely N-dealkylation sites (tertiary alicyclic amines) is 1. The molecule has 0 spiro atoms. The Kier molecular flexibility index (Phi) is 2.42. The summed E-state index contributed by atoms with van der Waals surface area (Å²) in [5.74, 6) is 0.180. The van der Waals surface area contributed by atoms with Crippen LogP contribution in [-0.2, 0) is 0 Å². The normalized spacial score (nSPS) is 23.8. The summed E-state index contributed by atoms with van der Waals surface area (Å²) >= 11 is 0. The van der Waals surface area contributed by atoms with Crippen LogP contribution in [0.1, 0.15) is 6.42 Å². The minimum absolute atomic E-state index is 0.0675. The molecule has 11 heavy (non-hydrogen) atoms. The van der Waals surface area contributed by atoms with Crippen molar-refractivity contribution in [2.24, 2.45) is 0 Å². The molecule has 1 aliphatic heterocycles. The van der Waals surface area contributed by atoms with Crippen molar-refractivity contribution in [2.75, 3.05) is 27.2 Å². The van der Waals surface area contributed by atoms with Crippen LogP contribution in [0.25, 0.3) is 0 Å². The van der Waals surface area contributed by atoms with E-state index in [-0.39, 0.29) is 11.8 Å². The van der Waals surface area contributed by atoms with E-state index in [0.29, 0.717) is 6.54 Å². The summed E-state index contributed by atoms with van der Waals surface area (Å²) < 4.78 is 0. The van der Waals surface area contributed by atoms with Crippen molar-refractivity contribution in [3.8, 4) is 0 Å². The molecule has 4 heteroatoms. The van der Waals surface area contributed by atoms with Gasteiger partial charge in [0.15, 0.2) is 0 Å². The van der Waals surface area contributed by atoms with Gasteiger partial charge in [0.1, 0.15) is 0 Å². The van der Waals surface area contributed by atoms with Gasteiger partial charge >= 0.3 is 6.03 Å². The van der Waals surface area contributed by atoms with Crippen LogP contribution in [0.5, 0.6) is 0 Å². The molecule has 0 aromatic carbocycles. The second-order valence-corrected chi connectivity index (χ2v) is 3.17. The summed E-state index contributed by atoms with van der Waals surface area (Å²) in [5.41, 5.74) is 0. The molecule has 3 nitrogen and oxygen atoms in total. The third kappa shape index (κ3) is 1.88. The van der Waals surface area contributed by atoms with Gasteiger partial charge in [0.2, 0.25) is 0 Å². The topological polar surface area (TPSA) is 23.6 Å². The molecule has 0 aromatic heterocycles. The predicted octanol–water partition coefficient (Wildman–Crippen LogP) is 0.331. The van der Waals surface area contributed by atoms with Crippen molar-refractivity contribution in [3.05, 3.63) is 0 Å². The van der Waals surface area contributed by atoms with Gasteiger partial charge in [0, 0.05) is 27.2 Å². The minimum atomic E-state index is 0.0675. The Morgan fingerprint density at radius 1 is 1.64 bits per heavy atom. The Morgan fingerprint density at radius 3 is 2.64 bits per heavy atom. The van der Waals surface area contributed by atoms with Gasteiger partial charge in [0.05, 0.1) is 7.85 Å². The van der Waals surface area contributed by atoms with Crippen LogP contribution in [0, 0.1) is 0 Å². The lowest BCUT2D eigenvalue weighted by Crippen LogP contribution is -2.37. The Morgan fingerprint density at radius 2 is 2.27 bits per heavy atom. The molecule has 1 aliphatic rings. The lowest BCUT2D eigenvalue weighted by molar-refractivity contribution is 0.182. The summed E-state index contributed by atoms with van der Waals surface area (Å²) in [7, 11) is 9.16. The monoisotopic (exact) mass is 152 g/mol. The largest absolute Gasteiger partial charge is 0.331 e. The molecule has 0 bridgehead atoms. The number of urea groups is 1. The van der Waals surface area contributed by atoms with Crippen molar-refractivity contribution >= 4 is 13.9 Å². The van der Waals surface area contributed by atoms with Gasteiger partial charge in [-0.05, 0) is 6.42 Å². The first-order valence-electron chi connectivity index (χ1n) is 3.83. The highest BCUT2D eigenvalue weighted by Crippen LogP contribution is 2.18. The third-order valence-electron chi connectivity index (χ3n) is 1.88. The minimum Gasteiger partial charge on any atom is -0.331 e. The van der Waals surface area contributed by atoms with E-state index in [1.165, 1.54) is 0 Å². The molecule has 2 amide bonds. The van der Waals surface area contributed by atoms with Crippen molar-refractivity contribution < 1.29 is 4.79 Å². The second kappa shape index (κ2) is 3.16. The molecule has 0 N–H and O–H groups in total. The van der Waals surface area contributed by atoms with E-state index in [9.17, 15) is 4.79 Å². The number of nitrogens with zero attached hydrogens (tertiary/aromatic N) is 2. The Labute approximate surface area is 68.8 Å². The molecule has 1 heterocycles. The Bertz CT molecular complexity index is 161. The molecular formula is C7H13BN2O. The van der Waals surface area contributed by atoms with Gasteiger partial charge in [-0.2, -0.15) is 0 Å². The molecule has 0 aromatic rings. The molecule has 1 atom stereocenters. The number of carbonyl (C=O) groups excluding carboxylic acids is 1. The molecular weight excluding hydrogens is 139 g/mol. The molecule has 2 radical (unpaired) electrons. The fraction of sp³-hybridized carbons (Fsp3) is 0.857. The van der Waals surface area contributed by atoms with Crippen LogP contribution in [-0.4, -0.2) is 50.9 Å². The maximum atomic E-state index is 11.3. The van der Waals surface area contributed by atoms with Gasteiger partial charge in [0.25, 0.3) is 0 Å². The molecule has 0 saturated carbocycles. The van der Waals surface area contributed by atoms with E-state index in [0.717, 1.165) is 13.0 Å². The fourth-order valence-corrected chi connectivity index (χ4v) is 1.24. The van der Waals surface area contributed by atoms with Gasteiger partial charge in [-0.15, -0.1) is 0 Å². The van der Waals surface area contributed by atoms with Crippen LogP contribution in [0.4, 0.5) is 4.79 Å². The zero-order valence-corrected chi connectivity index (χ0v) is 7.08. The SMILES string of the molecule is [B]C1CCN(C(=O)N(C)C)C1. The van der Waals surface area contributed by atoms with Crippen LogP contribution in [0.15, 0.2) is 0 Å². The van der Waals surface area contributed by atoms with Crippen LogP contribution in [0.2, 0.25) is 5.82 Å². The fourth-order valence-electron chi connectivity index (χ4n) is 1.24. The molecule has 0 aliphatic carbocycles. The van der Waals surface area contributed by atoms with Crippen molar-refractivity contribution in [1.29, 1.82) is 0 Å². The number of hydrogen-bond acceptors (Lipinski definition) is 1. The van der Waals surface area contributed by atoms with E-state index >= 15 is 0 Å². The van der Waals surface area contributed by atoms with Crippen LogP contribution < -0.4 is 0 Å². The average Bonchev–Trinajstić information content (AvgIpc) is 2.34. The standard InChI is InChI=1S/C7H13BN2O/c1-9(2)7(11)10-4-3-6(8)5-10/h6H,3-5H2,1-2H3. The van der Waals surface area contributed by atoms with E-state index in [1.54, 1.807) is 23.9 Å². The van der Waals surface area contributed by atoms with Gasteiger partial charge in [-0.3, -0.25) is 0 Å². The number of carbonyl (C=O) groups is 1. The zero-order valence-electron chi connectivity index (χ0n) is 7.08. The molecule has 1 unspecified atom stereocenters. The number of amides is 2. The van der Waals surface area contributed by atoms with E-state index in [4.69, 9.17) is 7.85 Å². The highest BCUT2D eigenvalue weighted by Gasteiger charge is 2.23. The first kappa shape index (κ1) is 8.43. The van der Waals surface area contributed by atoms with E-state index in [2.05, 4.69) is 0 Å². The number of rotatable bonds is 0. The molecule has 1 rings (SSSR count). The van der Waals surface area contributed by atoms with Crippen molar-refractivity contribution in [3.63, 3.8) is 0 Å². The smallest absolute Gasteiger partial charge is 0.319 e. The van der Waals surface area contributed by atoms with Crippen LogP contribution in [0.3, 0.4) is 0 Å². The summed E-state index contributed by atoms with van der Waals surface area (Å²) in [6, 6.07) is 0.0675. The Hall–Kier alpha value is -0.665. The first-order chi connectivity index (χ1) is 5.11. The number of hydrogen-bond donors (Lipinski definition) is 0. The molecule has 1 saturated heterocycles. The van der Waals surface area contributed by atoms with Gasteiger partial charge in [-0.1, -0.05) is 5.82 Å². The van der Waals surface area contributed by atoms with Gasteiger partial charge in [-0.25, -0.2) is 4.79 Å². The van der Waals surface area contributed by atoms with Crippen molar-refractivity contribution in [2.45, 2.75) is 12.2 Å². The maximum Gasteiger partial charge on any atom is 0.319 e. The summed E-state index contributed by atoms with van der Waals surface area (Å²) in [4.78, 5) is 14.7. The third-order valence-corrected chi connectivity index (χ3v) is 1.88. The summed E-state index contributed by atoms with van der Waals surface area (Å²) in [5, 5.41) is 0. The summed E-state index contributed by atoms with van der Waals surface area (Å²) in [6.45, 7) is 1.51. The quantitative estimate of drug-likeness (QED) is 0.459. The highest BCUT2D eigenvalue weighted by atomic mass is 16.2. The van der Waals surface area contributed by atoms with E-state index < -0.39 is 0 Å². The second-order valence-electron chi connectivity index (χ2n) is 3.17. The van der Waals surface area contributed by atoms with Crippen LogP contribution >= 0.6 is 0 Å². The average molecular weight is 152 g/mol. The molecule has 1 fully saturated rings. The first-order valence-corrected chi connectivity index (χ1v) is 3.83. The molecule has 60 valence electrons. The highest BCUT2D eigenvalue weighted by molar-refractivity contribution is 6.12. The van der Waals surface area contributed by atoms with Gasteiger partial charge < -0.3 is 9.80 Å². The zero-order chi connectivity index (χ0) is 8.43. The predicted molar refractivity (Wildman–Crippen MR) is 44.8 cm³/mol. The van der Waals surface area contributed by atoms with E-state index in [1.807, 2.05) is 0 Å². The lowest BCUT2D eigenvalue weighted by atomic mass is 9.87. The Balaban J connectivity index is 2.43.